The van der Waals surface area contributed by atoms with Gasteiger partial charge in [-0.05, 0) is 19.0 Å². The highest BCUT2D eigenvalue weighted by Crippen LogP contribution is 2.16. The number of benzene rings is 1. The molecule has 0 aliphatic rings. The van der Waals surface area contributed by atoms with E-state index < -0.39 is 0 Å². The number of halogens is 1. The molecule has 0 saturated carbocycles. The molecule has 0 radical (unpaired) electrons. The van der Waals surface area contributed by atoms with Gasteiger partial charge in [0.05, 0.1) is 12.7 Å². The van der Waals surface area contributed by atoms with E-state index in [1.165, 1.54) is 6.07 Å². The second-order valence-electron chi connectivity index (χ2n) is 4.58. The Bertz CT molecular complexity index is 522. The van der Waals surface area contributed by atoms with Crippen LogP contribution in [0.2, 0.25) is 0 Å². The fraction of sp³-hybridized carbons (Fsp3) is 0.400. The summed E-state index contributed by atoms with van der Waals surface area (Å²) in [5.74, 6) is -0.182. The average molecular weight is 261 g/mol. The Morgan fingerprint density at radius 1 is 1.32 bits per heavy atom. The summed E-state index contributed by atoms with van der Waals surface area (Å²) in [5, 5.41) is 7.72. The summed E-state index contributed by atoms with van der Waals surface area (Å²) in [6.45, 7) is 5.63. The van der Waals surface area contributed by atoms with Crippen LogP contribution in [0, 0.1) is 5.82 Å². The molecular formula is C15H20FN3. The molecule has 1 heterocycles. The topological polar surface area (TPSA) is 29.9 Å². The zero-order chi connectivity index (χ0) is 13.7. The van der Waals surface area contributed by atoms with Gasteiger partial charge in [0, 0.05) is 23.4 Å². The number of rotatable bonds is 6. The summed E-state index contributed by atoms with van der Waals surface area (Å²) in [5.41, 5.74) is 1.81. The quantitative estimate of drug-likeness (QED) is 0.865. The molecule has 3 nitrogen and oxygen atoms in total. The first-order valence-electron chi connectivity index (χ1n) is 6.73. The van der Waals surface area contributed by atoms with Crippen LogP contribution in [-0.2, 0) is 6.54 Å². The van der Waals surface area contributed by atoms with Gasteiger partial charge in [0.25, 0.3) is 0 Å². The molecule has 1 unspecified atom stereocenters. The Kier molecular flexibility index (Phi) is 4.68. The van der Waals surface area contributed by atoms with E-state index in [-0.39, 0.29) is 5.82 Å². The number of aromatic nitrogens is 2. The molecule has 102 valence electrons. The molecule has 2 rings (SSSR count). The monoisotopic (exact) mass is 261 g/mol. The number of nitrogens with zero attached hydrogens (tertiary/aromatic N) is 2. The third-order valence-electron chi connectivity index (χ3n) is 3.20. The van der Waals surface area contributed by atoms with Gasteiger partial charge in [-0.2, -0.15) is 5.10 Å². The molecule has 19 heavy (non-hydrogen) atoms. The minimum Gasteiger partial charge on any atom is -0.310 e. The van der Waals surface area contributed by atoms with Crippen LogP contribution < -0.4 is 5.32 Å². The number of hydrogen-bond donors (Lipinski definition) is 1. The largest absolute Gasteiger partial charge is 0.310 e. The van der Waals surface area contributed by atoms with Crippen molar-refractivity contribution in [2.45, 2.75) is 32.9 Å². The molecule has 0 spiro atoms. The Hall–Kier alpha value is -1.68. The number of hydrogen-bond acceptors (Lipinski definition) is 2. The van der Waals surface area contributed by atoms with Gasteiger partial charge < -0.3 is 5.32 Å². The fourth-order valence-corrected chi connectivity index (χ4v) is 2.19. The van der Waals surface area contributed by atoms with Crippen molar-refractivity contribution >= 4 is 0 Å². The molecule has 0 bridgehead atoms. The van der Waals surface area contributed by atoms with Crippen LogP contribution in [0.3, 0.4) is 0 Å². The summed E-state index contributed by atoms with van der Waals surface area (Å²) in [6.07, 6.45) is 4.86. The normalized spacial score (nSPS) is 12.6. The maximum Gasteiger partial charge on any atom is 0.128 e. The lowest BCUT2D eigenvalue weighted by Crippen LogP contribution is -2.19. The van der Waals surface area contributed by atoms with Crippen LogP contribution in [0.15, 0.2) is 36.7 Å². The van der Waals surface area contributed by atoms with Crippen LogP contribution in [0.1, 0.15) is 37.4 Å². The summed E-state index contributed by atoms with van der Waals surface area (Å²) >= 11 is 0. The van der Waals surface area contributed by atoms with Gasteiger partial charge in [-0.25, -0.2) is 4.39 Å². The van der Waals surface area contributed by atoms with E-state index in [1.807, 2.05) is 18.5 Å². The molecule has 0 fully saturated rings. The van der Waals surface area contributed by atoms with E-state index in [2.05, 4.69) is 24.3 Å². The maximum absolute atomic E-state index is 13.6. The zero-order valence-corrected chi connectivity index (χ0v) is 11.4. The van der Waals surface area contributed by atoms with Crippen molar-refractivity contribution in [3.05, 3.63) is 53.6 Å². The summed E-state index contributed by atoms with van der Waals surface area (Å²) in [6, 6.07) is 7.13. The lowest BCUT2D eigenvalue weighted by Gasteiger charge is -2.13. The van der Waals surface area contributed by atoms with E-state index >= 15 is 0 Å². The zero-order valence-electron chi connectivity index (χ0n) is 11.4. The van der Waals surface area contributed by atoms with Gasteiger partial charge >= 0.3 is 0 Å². The second kappa shape index (κ2) is 6.48. The highest BCUT2D eigenvalue weighted by atomic mass is 19.1. The highest BCUT2D eigenvalue weighted by molar-refractivity contribution is 5.18. The maximum atomic E-state index is 13.6. The summed E-state index contributed by atoms with van der Waals surface area (Å²) in [7, 11) is 0. The first kappa shape index (κ1) is 13.7. The molecule has 1 aromatic carbocycles. The fourth-order valence-electron chi connectivity index (χ4n) is 2.19. The lowest BCUT2D eigenvalue weighted by molar-refractivity contribution is 0.536. The van der Waals surface area contributed by atoms with Gasteiger partial charge in [0.2, 0.25) is 0 Å². The van der Waals surface area contributed by atoms with Crippen LogP contribution in [0.25, 0.3) is 0 Å². The van der Waals surface area contributed by atoms with Gasteiger partial charge in [-0.1, -0.05) is 32.0 Å². The highest BCUT2D eigenvalue weighted by Gasteiger charge is 2.10. The second-order valence-corrected chi connectivity index (χ2v) is 4.58. The summed E-state index contributed by atoms with van der Waals surface area (Å²) in [4.78, 5) is 0. The van der Waals surface area contributed by atoms with E-state index in [4.69, 9.17) is 0 Å². The van der Waals surface area contributed by atoms with Crippen LogP contribution >= 0.6 is 0 Å². The Morgan fingerprint density at radius 2 is 2.11 bits per heavy atom. The molecular weight excluding hydrogens is 241 g/mol. The molecule has 0 aliphatic heterocycles. The van der Waals surface area contributed by atoms with Crippen molar-refractivity contribution in [1.82, 2.24) is 15.1 Å². The molecule has 0 amide bonds. The van der Waals surface area contributed by atoms with Crippen molar-refractivity contribution in [2.75, 3.05) is 6.54 Å². The predicted octanol–water partition coefficient (Wildman–Crippen LogP) is 3.13. The van der Waals surface area contributed by atoms with Crippen LogP contribution in [-0.4, -0.2) is 16.3 Å². The van der Waals surface area contributed by atoms with Crippen molar-refractivity contribution < 1.29 is 4.39 Å². The first-order valence-corrected chi connectivity index (χ1v) is 6.73. The van der Waals surface area contributed by atoms with Gasteiger partial charge in [0.1, 0.15) is 5.82 Å². The van der Waals surface area contributed by atoms with Crippen LogP contribution in [0.5, 0.6) is 0 Å². The molecule has 0 aliphatic carbocycles. The summed E-state index contributed by atoms with van der Waals surface area (Å²) < 4.78 is 15.4. The molecule has 2 aromatic rings. The average Bonchev–Trinajstić information content (AvgIpc) is 2.87. The number of nitrogens with one attached hydrogen (secondary N) is 1. The van der Waals surface area contributed by atoms with E-state index in [0.717, 1.165) is 18.5 Å². The smallest absolute Gasteiger partial charge is 0.128 e. The Balaban J connectivity index is 2.11. The van der Waals surface area contributed by atoms with Crippen molar-refractivity contribution in [3.8, 4) is 0 Å². The SMILES string of the molecule is CCNC(CC)c1cnn(Cc2ccccc2F)c1. The lowest BCUT2D eigenvalue weighted by atomic mass is 10.1. The first-order chi connectivity index (χ1) is 9.24. The predicted molar refractivity (Wildman–Crippen MR) is 74.4 cm³/mol. The minimum absolute atomic E-state index is 0.182. The molecule has 4 heteroatoms. The third kappa shape index (κ3) is 3.41. The van der Waals surface area contributed by atoms with Crippen molar-refractivity contribution in [1.29, 1.82) is 0 Å². The van der Waals surface area contributed by atoms with Gasteiger partial charge in [-0.3, -0.25) is 4.68 Å². The standard InChI is InChI=1S/C15H20FN3/c1-3-15(17-4-2)13-9-18-19(11-13)10-12-7-5-6-8-14(12)16/h5-9,11,15,17H,3-4,10H2,1-2H3. The minimum atomic E-state index is -0.182. The van der Waals surface area contributed by atoms with Crippen molar-refractivity contribution in [3.63, 3.8) is 0 Å². The molecule has 1 N–H and O–H groups in total. The van der Waals surface area contributed by atoms with E-state index in [9.17, 15) is 4.39 Å². The molecule has 1 atom stereocenters. The Labute approximate surface area is 113 Å². The van der Waals surface area contributed by atoms with Crippen LogP contribution in [0.4, 0.5) is 4.39 Å². The molecule has 0 saturated heterocycles. The van der Waals surface area contributed by atoms with Gasteiger partial charge in [-0.15, -0.1) is 0 Å². The van der Waals surface area contributed by atoms with E-state index in [0.29, 0.717) is 18.2 Å². The third-order valence-corrected chi connectivity index (χ3v) is 3.20. The van der Waals surface area contributed by atoms with Crippen molar-refractivity contribution in [2.24, 2.45) is 0 Å². The Morgan fingerprint density at radius 3 is 2.79 bits per heavy atom. The van der Waals surface area contributed by atoms with E-state index in [1.54, 1.807) is 16.8 Å². The van der Waals surface area contributed by atoms with Gasteiger partial charge in [0.15, 0.2) is 0 Å². The molecule has 1 aromatic heterocycles.